The van der Waals surface area contributed by atoms with Crippen LogP contribution in [0.3, 0.4) is 0 Å². The number of hydrogen-bond acceptors (Lipinski definition) is 4. The average molecular weight is 422 g/mol. The molecule has 0 bridgehead atoms. The van der Waals surface area contributed by atoms with Crippen molar-refractivity contribution in [3.8, 4) is 12.1 Å². The first kappa shape index (κ1) is 32.3. The van der Waals surface area contributed by atoms with Crippen molar-refractivity contribution in [2.24, 2.45) is 0 Å². The summed E-state index contributed by atoms with van der Waals surface area (Å²) in [5.41, 5.74) is -0.139. The first-order valence-electron chi connectivity index (χ1n) is 8.67. The van der Waals surface area contributed by atoms with Crippen molar-refractivity contribution >= 4 is 85.6 Å². The van der Waals surface area contributed by atoms with Crippen molar-refractivity contribution in [2.75, 3.05) is 0 Å². The zero-order chi connectivity index (χ0) is 26.0. The molecule has 17 heteroatoms. The lowest BCUT2D eigenvalue weighted by atomic mass is 8.97. The van der Waals surface area contributed by atoms with Crippen molar-refractivity contribution in [2.45, 2.75) is 0 Å². The number of nitrogens with zero attached hydrogens (tertiary/aromatic N) is 2. The Labute approximate surface area is 202 Å². The molecule has 0 aliphatic rings. The lowest BCUT2D eigenvalue weighted by Gasteiger charge is -1.95. The molecule has 2 aromatic rings. The van der Waals surface area contributed by atoms with Gasteiger partial charge in [0.25, 0.3) is 0 Å². The number of aldehydes is 1. The van der Waals surface area contributed by atoms with Gasteiger partial charge in [0.15, 0.2) is 0 Å². The molecule has 33 heavy (non-hydrogen) atoms. The molecule has 0 fully saturated rings. The molecule has 0 spiro atoms. The summed E-state index contributed by atoms with van der Waals surface area (Å²) in [5, 5.41) is 25.1. The molecule has 0 aliphatic carbocycles. The number of benzene rings is 2. The summed E-state index contributed by atoms with van der Waals surface area (Å²) in [7, 11) is 31.6. The lowest BCUT2D eigenvalue weighted by molar-refractivity contribution is 0.0696. The van der Waals surface area contributed by atoms with Gasteiger partial charge in [-0.25, -0.2) is 13.6 Å². The molecule has 14 radical (unpaired) electrons. The Kier molecular flexibility index (Phi) is 18.2. The summed E-state index contributed by atoms with van der Waals surface area (Å²) in [6.07, 6.45) is -0.356. The lowest BCUT2D eigenvalue weighted by Crippen LogP contribution is -2.23. The number of halogens is 2. The van der Waals surface area contributed by atoms with E-state index in [9.17, 15) is 18.4 Å². The fourth-order valence-electron chi connectivity index (χ4n) is 1.45. The Bertz CT molecular complexity index is 976. The number of nitriles is 2. The van der Waals surface area contributed by atoms with Crippen molar-refractivity contribution in [3.63, 3.8) is 0 Å². The molecule has 0 atom stereocenters. The molecular formula is C16H8B10F2N2O3. The van der Waals surface area contributed by atoms with E-state index >= 15 is 0 Å². The average Bonchev–Trinajstić information content (AvgIpc) is 2.80. The van der Waals surface area contributed by atoms with E-state index in [-0.39, 0.29) is 16.7 Å². The van der Waals surface area contributed by atoms with Crippen LogP contribution in [0.2, 0.25) is 0 Å². The topological polar surface area (TPSA) is 102 Å². The van der Waals surface area contributed by atoms with E-state index in [1.807, 2.05) is 0 Å². The van der Waals surface area contributed by atoms with Crippen LogP contribution in [0.4, 0.5) is 8.78 Å². The second kappa shape index (κ2) is 18.6. The van der Waals surface area contributed by atoms with Gasteiger partial charge in [0.1, 0.15) is 30.1 Å². The monoisotopic (exact) mass is 424 g/mol. The van der Waals surface area contributed by atoms with Crippen molar-refractivity contribution in [1.82, 2.24) is 0 Å². The number of carboxylic acid groups (broad SMARTS) is 1. The summed E-state index contributed by atoms with van der Waals surface area (Å²) in [6, 6.07) is 9.89. The third-order valence-corrected chi connectivity index (χ3v) is 3.03. The highest BCUT2D eigenvalue weighted by molar-refractivity contribution is 7.61. The minimum Gasteiger partial charge on any atom is -0.478 e. The number of aromatic carboxylic acids is 1. The maximum atomic E-state index is 12.6. The van der Waals surface area contributed by atoms with E-state index < -0.39 is 30.4 Å². The van der Waals surface area contributed by atoms with E-state index in [0.717, 1.165) is 24.3 Å². The molecule has 2 aromatic carbocycles. The number of rotatable bonds is 4. The van der Waals surface area contributed by atoms with E-state index in [1.165, 1.54) is 26.3 Å². The van der Waals surface area contributed by atoms with Crippen LogP contribution in [0.1, 0.15) is 31.8 Å². The minimum absolute atomic E-state index is 0.0899. The predicted octanol–water partition coefficient (Wildman–Crippen LogP) is -0.903. The van der Waals surface area contributed by atoms with Crippen molar-refractivity contribution in [3.05, 3.63) is 70.3 Å². The van der Waals surface area contributed by atoms with Crippen molar-refractivity contribution in [1.29, 1.82) is 10.5 Å². The molecule has 2 rings (SSSR count). The Balaban J connectivity index is 0. The predicted molar refractivity (Wildman–Crippen MR) is 132 cm³/mol. The van der Waals surface area contributed by atoms with Gasteiger partial charge >= 0.3 is 5.97 Å². The quantitative estimate of drug-likeness (QED) is 0.508. The van der Waals surface area contributed by atoms with Crippen LogP contribution in [-0.4, -0.2) is 90.7 Å². The fourth-order valence-corrected chi connectivity index (χ4v) is 1.45. The SMILES string of the molecule is N#Cc1cc(C(=O)O)ccc1F.N#Cc1cc(C=O)ccc1F.[B][B]B([B])[B].[B][B]B([B])[B]. The fraction of sp³-hybridized carbons (Fsp3) is 0. The van der Waals surface area contributed by atoms with Gasteiger partial charge in [-0.15, -0.1) is 0 Å². The zero-order valence-corrected chi connectivity index (χ0v) is 17.2. The van der Waals surface area contributed by atoms with Crippen LogP contribution < -0.4 is 0 Å². The maximum absolute atomic E-state index is 12.6. The van der Waals surface area contributed by atoms with Gasteiger partial charge in [0.2, 0.25) is 0 Å². The van der Waals surface area contributed by atoms with Crippen LogP contribution in [0.15, 0.2) is 36.4 Å². The molecule has 144 valence electrons. The second-order valence-electron chi connectivity index (χ2n) is 5.62. The molecule has 0 heterocycles. The van der Waals surface area contributed by atoms with Gasteiger partial charge in [-0.2, -0.15) is 10.5 Å². The molecule has 0 saturated heterocycles. The van der Waals surface area contributed by atoms with Gasteiger partial charge in [-0.1, -0.05) is 0 Å². The van der Waals surface area contributed by atoms with Gasteiger partial charge in [-0.3, -0.25) is 4.79 Å². The molecule has 0 unspecified atom stereocenters. The summed E-state index contributed by atoms with van der Waals surface area (Å²) in [6.45, 7) is 0. The number of carboxylic acids is 1. The van der Waals surface area contributed by atoms with E-state index in [0.29, 0.717) is 11.8 Å². The second-order valence-corrected chi connectivity index (χ2v) is 5.62. The van der Waals surface area contributed by atoms with Crippen molar-refractivity contribution < 1.29 is 23.5 Å². The number of hydrogen-bond donors (Lipinski definition) is 1. The highest BCUT2D eigenvalue weighted by Crippen LogP contribution is 2.09. The van der Waals surface area contributed by atoms with Crippen LogP contribution in [0.25, 0.3) is 0 Å². The number of carbonyl (C=O) groups is 2. The van der Waals surface area contributed by atoms with Gasteiger partial charge in [0.05, 0.1) is 16.7 Å². The molecule has 1 N–H and O–H groups in total. The Morgan fingerprint density at radius 3 is 1.64 bits per heavy atom. The molecule has 0 saturated carbocycles. The van der Waals surface area contributed by atoms with Crippen LogP contribution in [-0.2, 0) is 0 Å². The van der Waals surface area contributed by atoms with E-state index in [2.05, 4.69) is 0 Å². The third-order valence-electron chi connectivity index (χ3n) is 3.03. The highest BCUT2D eigenvalue weighted by Gasteiger charge is 2.07. The van der Waals surface area contributed by atoms with Gasteiger partial charge < -0.3 is 5.11 Å². The van der Waals surface area contributed by atoms with Crippen LogP contribution in [0, 0.1) is 34.3 Å². The van der Waals surface area contributed by atoms with Crippen LogP contribution >= 0.6 is 0 Å². The Hall–Kier alpha value is -2.93. The molecule has 0 aromatic heterocycles. The molecule has 0 amide bonds. The number of carbonyl (C=O) groups excluding carboxylic acids is 1. The Morgan fingerprint density at radius 1 is 0.909 bits per heavy atom. The zero-order valence-electron chi connectivity index (χ0n) is 17.2. The maximum Gasteiger partial charge on any atom is 0.335 e. The summed E-state index contributed by atoms with van der Waals surface area (Å²) >= 11 is 0. The summed E-state index contributed by atoms with van der Waals surface area (Å²) in [4.78, 5) is 20.5. The first-order chi connectivity index (χ1) is 15.5. The third kappa shape index (κ3) is 15.5. The largest absolute Gasteiger partial charge is 0.478 e. The van der Waals surface area contributed by atoms with E-state index in [1.54, 1.807) is 12.1 Å². The smallest absolute Gasteiger partial charge is 0.335 e. The highest BCUT2D eigenvalue weighted by atomic mass is 19.1. The standard InChI is InChI=1S/C8H4FNO2.C8H4FNO.2B5/c9-7-2-1-5(8(11)12)3-6(7)4-10;9-8-2-1-6(5-11)3-7(8)4-10;2*1-4-5(2)3/h1-3H,(H,11,12);1-3,5H;;. The molecule has 5 nitrogen and oxygen atoms in total. The Morgan fingerprint density at radius 2 is 1.30 bits per heavy atom. The minimum atomic E-state index is -1.17. The van der Waals surface area contributed by atoms with Crippen LogP contribution in [0.5, 0.6) is 0 Å². The first-order valence-corrected chi connectivity index (χ1v) is 8.67. The summed E-state index contributed by atoms with van der Waals surface area (Å²) < 4.78 is 25.2. The normalized spacial score (nSPS) is 8.12. The van der Waals surface area contributed by atoms with Gasteiger partial charge in [-0.05, 0) is 36.4 Å². The summed E-state index contributed by atoms with van der Waals surface area (Å²) in [5.74, 6) is -2.48. The van der Waals surface area contributed by atoms with Gasteiger partial charge in [0, 0.05) is 78.9 Å². The van der Waals surface area contributed by atoms with E-state index in [4.69, 9.17) is 62.1 Å². The molecular weight excluding hydrogens is 414 g/mol. The molecule has 0 aliphatic heterocycles.